The maximum absolute atomic E-state index is 10.6. The molecule has 0 fully saturated rings. The second-order valence-electron chi connectivity index (χ2n) is 4.27. The number of carbonyl (C=O) groups is 1. The minimum atomic E-state index is -1.02. The largest absolute Gasteiger partial charge is 0.488 e. The maximum atomic E-state index is 10.6. The molecule has 1 N–H and O–H groups in total. The Morgan fingerprint density at radius 1 is 1.24 bits per heavy atom. The molecule has 0 aromatic heterocycles. The fourth-order valence-electron chi connectivity index (χ4n) is 1.68. The van der Waals surface area contributed by atoms with Crippen molar-refractivity contribution in [3.8, 4) is 5.75 Å². The fraction of sp³-hybridized carbons (Fsp3) is 0.0625. The molecule has 0 saturated carbocycles. The van der Waals surface area contributed by atoms with E-state index in [0.29, 0.717) is 22.9 Å². The number of carboxylic acids is 1. The van der Waals surface area contributed by atoms with Crippen LogP contribution in [-0.2, 0) is 11.4 Å². The predicted molar refractivity (Wildman–Crippen MR) is 91.6 cm³/mol. The van der Waals surface area contributed by atoms with Gasteiger partial charge in [0.2, 0.25) is 0 Å². The average Bonchev–Trinajstić information content (AvgIpc) is 2.45. The van der Waals surface area contributed by atoms with Gasteiger partial charge in [0.1, 0.15) is 12.4 Å². The summed E-state index contributed by atoms with van der Waals surface area (Å²) in [4.78, 5) is 10.6. The minimum Gasteiger partial charge on any atom is -0.488 e. The number of benzene rings is 2. The highest BCUT2D eigenvalue weighted by molar-refractivity contribution is 14.1. The van der Waals surface area contributed by atoms with Crippen molar-refractivity contribution in [2.45, 2.75) is 6.61 Å². The van der Waals surface area contributed by atoms with Gasteiger partial charge in [-0.3, -0.25) is 0 Å². The van der Waals surface area contributed by atoms with Crippen LogP contribution >= 0.6 is 34.2 Å². The van der Waals surface area contributed by atoms with Crippen molar-refractivity contribution in [1.29, 1.82) is 0 Å². The topological polar surface area (TPSA) is 46.5 Å². The molecule has 0 spiro atoms. The number of hydrogen-bond acceptors (Lipinski definition) is 2. The lowest BCUT2D eigenvalue weighted by Crippen LogP contribution is -1.97. The second kappa shape index (κ2) is 7.47. The lowest BCUT2D eigenvalue weighted by atomic mass is 10.2. The van der Waals surface area contributed by atoms with Gasteiger partial charge in [-0.1, -0.05) is 23.7 Å². The van der Waals surface area contributed by atoms with E-state index in [0.717, 1.165) is 15.2 Å². The summed E-state index contributed by atoms with van der Waals surface area (Å²) in [6.45, 7) is 0.409. The van der Waals surface area contributed by atoms with Gasteiger partial charge in [-0.15, -0.1) is 0 Å². The smallest absolute Gasteiger partial charge is 0.328 e. The Bertz CT molecular complexity index is 666. The van der Waals surface area contributed by atoms with Crippen LogP contribution in [0.1, 0.15) is 11.1 Å². The summed E-state index contributed by atoms with van der Waals surface area (Å²) in [7, 11) is 0. The molecule has 0 bridgehead atoms. The van der Waals surface area contributed by atoms with Gasteiger partial charge in [-0.2, -0.15) is 0 Å². The first-order valence-corrected chi connectivity index (χ1v) is 7.58. The van der Waals surface area contributed by atoms with E-state index >= 15 is 0 Å². The molecule has 5 heteroatoms. The molecule has 2 aromatic carbocycles. The Hall–Kier alpha value is -1.53. The molecule has 0 unspecified atom stereocenters. The zero-order valence-electron chi connectivity index (χ0n) is 10.9. The number of carboxylic acid groups (broad SMARTS) is 1. The molecular weight excluding hydrogens is 403 g/mol. The molecule has 2 rings (SSSR count). The van der Waals surface area contributed by atoms with Crippen molar-refractivity contribution < 1.29 is 14.6 Å². The summed E-state index contributed by atoms with van der Waals surface area (Å²) in [5.41, 5.74) is 1.67. The Morgan fingerprint density at radius 2 is 1.95 bits per heavy atom. The van der Waals surface area contributed by atoms with Crippen LogP contribution in [0.25, 0.3) is 6.08 Å². The zero-order valence-corrected chi connectivity index (χ0v) is 13.8. The summed E-state index contributed by atoms with van der Waals surface area (Å²) in [6.07, 6.45) is 2.53. The molecule has 0 saturated heterocycles. The molecule has 0 aliphatic heterocycles. The molecule has 0 amide bonds. The first-order valence-electron chi connectivity index (χ1n) is 6.12. The molecule has 0 radical (unpaired) electrons. The van der Waals surface area contributed by atoms with E-state index in [1.807, 2.05) is 24.3 Å². The Morgan fingerprint density at radius 3 is 2.62 bits per heavy atom. The molecule has 0 heterocycles. The van der Waals surface area contributed by atoms with Gasteiger partial charge in [-0.05, 0) is 64.6 Å². The summed E-state index contributed by atoms with van der Waals surface area (Å²) in [5.74, 6) is -0.422. The Labute approximate surface area is 141 Å². The van der Waals surface area contributed by atoms with Gasteiger partial charge < -0.3 is 9.84 Å². The molecule has 108 valence electrons. The average molecular weight is 415 g/mol. The number of hydrogen-bond donors (Lipinski definition) is 1. The number of rotatable bonds is 5. The van der Waals surface area contributed by atoms with Crippen LogP contribution < -0.4 is 4.74 Å². The number of ether oxygens (including phenoxy) is 1. The van der Waals surface area contributed by atoms with Crippen molar-refractivity contribution in [3.63, 3.8) is 0 Å². The molecule has 3 nitrogen and oxygen atoms in total. The third-order valence-corrected chi connectivity index (χ3v) is 3.64. The third-order valence-electron chi connectivity index (χ3n) is 2.68. The van der Waals surface area contributed by atoms with Gasteiger partial charge in [-0.25, -0.2) is 4.79 Å². The quantitative estimate of drug-likeness (QED) is 0.573. The number of halogens is 2. The van der Waals surface area contributed by atoms with Crippen LogP contribution in [0.4, 0.5) is 0 Å². The Kier molecular flexibility index (Phi) is 5.64. The Balaban J connectivity index is 2.15. The first-order chi connectivity index (χ1) is 10.0. The summed E-state index contributed by atoms with van der Waals surface area (Å²) < 4.78 is 6.91. The molecule has 0 aliphatic rings. The fourth-order valence-corrected chi connectivity index (χ4v) is 2.22. The monoisotopic (exact) mass is 414 g/mol. The molecule has 2 aromatic rings. The third kappa shape index (κ3) is 5.06. The summed E-state index contributed by atoms with van der Waals surface area (Å²) >= 11 is 8.17. The molecule has 21 heavy (non-hydrogen) atoms. The normalized spacial score (nSPS) is 10.8. The van der Waals surface area contributed by atoms with Crippen LogP contribution in [0.5, 0.6) is 5.75 Å². The molecular formula is C16H12ClIO3. The van der Waals surface area contributed by atoms with Gasteiger partial charge in [0.25, 0.3) is 0 Å². The van der Waals surface area contributed by atoms with Crippen LogP contribution in [-0.4, -0.2) is 11.1 Å². The van der Waals surface area contributed by atoms with Gasteiger partial charge in [0.15, 0.2) is 0 Å². The van der Waals surface area contributed by atoms with Crippen LogP contribution in [0.3, 0.4) is 0 Å². The van der Waals surface area contributed by atoms with Gasteiger partial charge in [0.05, 0.1) is 0 Å². The van der Waals surface area contributed by atoms with Crippen molar-refractivity contribution >= 4 is 46.2 Å². The highest BCUT2D eigenvalue weighted by Gasteiger charge is 2.04. The van der Waals surface area contributed by atoms with Crippen molar-refractivity contribution in [2.24, 2.45) is 0 Å². The summed E-state index contributed by atoms with van der Waals surface area (Å²) in [5, 5.41) is 9.24. The lowest BCUT2D eigenvalue weighted by molar-refractivity contribution is -0.131. The van der Waals surface area contributed by atoms with E-state index in [2.05, 4.69) is 22.6 Å². The minimum absolute atomic E-state index is 0.409. The van der Waals surface area contributed by atoms with E-state index in [9.17, 15) is 4.79 Å². The highest BCUT2D eigenvalue weighted by atomic mass is 127. The second-order valence-corrected chi connectivity index (χ2v) is 5.95. The summed E-state index contributed by atoms with van der Waals surface area (Å²) in [6, 6.07) is 13.1. The van der Waals surface area contributed by atoms with Gasteiger partial charge in [0, 0.05) is 20.2 Å². The van der Waals surface area contributed by atoms with E-state index in [4.69, 9.17) is 21.4 Å². The SMILES string of the molecule is O=C(O)C=Cc1cc(Cl)ccc1OCc1ccc(I)cc1. The number of aliphatic carboxylic acids is 1. The van der Waals surface area contributed by atoms with E-state index in [1.54, 1.807) is 18.2 Å². The standard InChI is InChI=1S/C16H12ClIO3/c17-13-4-7-15(12(9-13)3-8-16(19)20)21-10-11-1-5-14(18)6-2-11/h1-9H,10H2,(H,19,20). The predicted octanol–water partition coefficient (Wildman–Crippen LogP) is 4.62. The van der Waals surface area contributed by atoms with Crippen LogP contribution in [0.2, 0.25) is 5.02 Å². The van der Waals surface area contributed by atoms with Crippen molar-refractivity contribution in [1.82, 2.24) is 0 Å². The maximum Gasteiger partial charge on any atom is 0.328 e. The zero-order chi connectivity index (χ0) is 15.2. The van der Waals surface area contributed by atoms with Crippen molar-refractivity contribution in [2.75, 3.05) is 0 Å². The lowest BCUT2D eigenvalue weighted by Gasteiger charge is -2.10. The van der Waals surface area contributed by atoms with Gasteiger partial charge >= 0.3 is 5.97 Å². The van der Waals surface area contributed by atoms with Crippen LogP contribution in [0, 0.1) is 3.57 Å². The van der Waals surface area contributed by atoms with E-state index in [1.165, 1.54) is 6.08 Å². The highest BCUT2D eigenvalue weighted by Crippen LogP contribution is 2.25. The first kappa shape index (κ1) is 15.9. The van der Waals surface area contributed by atoms with Crippen LogP contribution in [0.15, 0.2) is 48.5 Å². The molecule has 0 aliphatic carbocycles. The van der Waals surface area contributed by atoms with E-state index in [-0.39, 0.29) is 0 Å². The van der Waals surface area contributed by atoms with E-state index < -0.39 is 5.97 Å². The van der Waals surface area contributed by atoms with Crippen molar-refractivity contribution in [3.05, 3.63) is 68.3 Å². The molecule has 0 atom stereocenters.